The van der Waals surface area contributed by atoms with Crippen molar-refractivity contribution in [1.29, 1.82) is 0 Å². The first kappa shape index (κ1) is 11.0. The summed E-state index contributed by atoms with van der Waals surface area (Å²) in [4.78, 5) is 10.8. The van der Waals surface area contributed by atoms with Gasteiger partial charge in [-0.05, 0) is 6.26 Å². The molecule has 0 saturated heterocycles. The number of hydrogen-bond donors (Lipinski definition) is 0. The lowest BCUT2D eigenvalue weighted by atomic mass is 10.3. The Hall–Kier alpha value is -0.0300. The van der Waals surface area contributed by atoms with Crippen molar-refractivity contribution in [1.82, 2.24) is 0 Å². The summed E-state index contributed by atoms with van der Waals surface area (Å²) in [5.41, 5.74) is 0. The molecule has 0 amide bonds. The highest BCUT2D eigenvalue weighted by Gasteiger charge is 2.06. The van der Waals surface area contributed by atoms with Crippen LogP contribution in [0.3, 0.4) is 0 Å². The summed E-state index contributed by atoms with van der Waals surface area (Å²) < 4.78 is 21.2. The van der Waals surface area contributed by atoms with Crippen molar-refractivity contribution in [2.24, 2.45) is 0 Å². The van der Waals surface area contributed by atoms with E-state index >= 15 is 0 Å². The lowest BCUT2D eigenvalue weighted by Gasteiger charge is -1.96. The topological polar surface area (TPSA) is 51.2 Å². The molecule has 0 heterocycles. The molecule has 0 saturated carbocycles. The van der Waals surface area contributed by atoms with Gasteiger partial charge in [-0.25, -0.2) is 8.42 Å². The lowest BCUT2D eigenvalue weighted by Crippen LogP contribution is -2.10. The van der Waals surface area contributed by atoms with Gasteiger partial charge in [0, 0.05) is 12.7 Å². The summed E-state index contributed by atoms with van der Waals surface area (Å²) in [6, 6.07) is 0. The van der Waals surface area contributed by atoms with E-state index in [1.54, 1.807) is 0 Å². The molecule has 11 heavy (non-hydrogen) atoms. The van der Waals surface area contributed by atoms with Crippen molar-refractivity contribution in [3.05, 3.63) is 0 Å². The van der Waals surface area contributed by atoms with Crippen molar-refractivity contribution in [3.8, 4) is 0 Å². The second kappa shape index (κ2) is 4.77. The minimum absolute atomic E-state index is 0.00271. The molecule has 3 nitrogen and oxygen atoms in total. The second-order valence-electron chi connectivity index (χ2n) is 2.35. The number of sulfone groups is 1. The summed E-state index contributed by atoms with van der Waals surface area (Å²) in [7, 11) is -2.97. The number of thioether (sulfide) groups is 1. The minimum Gasteiger partial charge on any atom is -0.299 e. The Bertz CT molecular complexity index is 218. The molecule has 0 aliphatic carbocycles. The van der Waals surface area contributed by atoms with Gasteiger partial charge in [0.15, 0.2) is 0 Å². The van der Waals surface area contributed by atoms with E-state index in [1.807, 2.05) is 6.26 Å². The molecule has 0 aliphatic heterocycles. The normalized spacial score (nSPS) is 11.5. The van der Waals surface area contributed by atoms with Gasteiger partial charge < -0.3 is 0 Å². The van der Waals surface area contributed by atoms with Crippen LogP contribution in [-0.2, 0) is 14.6 Å². The summed E-state index contributed by atoms with van der Waals surface area (Å²) in [6.45, 7) is 0. The maximum atomic E-state index is 10.8. The van der Waals surface area contributed by atoms with Gasteiger partial charge in [0.2, 0.25) is 0 Å². The van der Waals surface area contributed by atoms with Gasteiger partial charge in [-0.1, -0.05) is 0 Å². The number of hydrogen-bond acceptors (Lipinski definition) is 4. The summed E-state index contributed by atoms with van der Waals surface area (Å²) in [6.07, 6.45) is 3.11. The molecule has 0 radical (unpaired) electrons. The molecule has 0 aromatic heterocycles. The first-order chi connectivity index (χ1) is 4.95. The SMILES string of the molecule is CSCC(=O)CCS(C)(=O)=O. The first-order valence-corrected chi connectivity index (χ1v) is 6.59. The third kappa shape index (κ3) is 7.87. The smallest absolute Gasteiger partial charge is 0.147 e. The zero-order valence-electron chi connectivity index (χ0n) is 6.66. The molecule has 0 aromatic carbocycles. The fourth-order valence-corrected chi connectivity index (χ4v) is 1.60. The third-order valence-electron chi connectivity index (χ3n) is 1.06. The molecule has 0 unspecified atom stereocenters. The molecular formula is C6H12O3S2. The van der Waals surface area contributed by atoms with E-state index in [-0.39, 0.29) is 18.0 Å². The van der Waals surface area contributed by atoms with Gasteiger partial charge in [-0.3, -0.25) is 4.79 Å². The number of rotatable bonds is 5. The predicted molar refractivity (Wildman–Crippen MR) is 47.7 cm³/mol. The summed E-state index contributed by atoms with van der Waals surface area (Å²) in [5, 5.41) is 0. The van der Waals surface area contributed by atoms with Crippen LogP contribution in [0, 0.1) is 0 Å². The summed E-state index contributed by atoms with van der Waals surface area (Å²) >= 11 is 1.42. The molecule has 0 aromatic rings. The van der Waals surface area contributed by atoms with Gasteiger partial charge in [0.05, 0.1) is 11.5 Å². The van der Waals surface area contributed by atoms with Gasteiger partial charge in [0.1, 0.15) is 15.6 Å². The first-order valence-electron chi connectivity index (χ1n) is 3.14. The highest BCUT2D eigenvalue weighted by atomic mass is 32.2. The Balaban J connectivity index is 3.64. The predicted octanol–water partition coefficient (Wildman–Crippen LogP) is 0.353. The number of carbonyl (C=O) groups is 1. The largest absolute Gasteiger partial charge is 0.299 e. The van der Waals surface area contributed by atoms with Gasteiger partial charge in [0.25, 0.3) is 0 Å². The van der Waals surface area contributed by atoms with Crippen LogP contribution < -0.4 is 0 Å². The van der Waals surface area contributed by atoms with Crippen LogP contribution in [0.4, 0.5) is 0 Å². The fraction of sp³-hybridized carbons (Fsp3) is 0.833. The lowest BCUT2D eigenvalue weighted by molar-refractivity contribution is -0.116. The van der Waals surface area contributed by atoms with Crippen molar-refractivity contribution in [2.75, 3.05) is 24.0 Å². The zero-order chi connectivity index (χ0) is 8.91. The van der Waals surface area contributed by atoms with Crippen LogP contribution in [0.15, 0.2) is 0 Å². The van der Waals surface area contributed by atoms with Crippen molar-refractivity contribution in [3.63, 3.8) is 0 Å². The molecular weight excluding hydrogens is 184 g/mol. The molecule has 0 fully saturated rings. The quantitative estimate of drug-likeness (QED) is 0.637. The standard InChI is InChI=1S/C6H12O3S2/c1-10-5-6(7)3-4-11(2,8)9/h3-5H2,1-2H3. The van der Waals surface area contributed by atoms with Crippen LogP contribution in [0.1, 0.15) is 6.42 Å². The van der Waals surface area contributed by atoms with E-state index in [4.69, 9.17) is 0 Å². The summed E-state index contributed by atoms with van der Waals surface area (Å²) in [5.74, 6) is 0.393. The Morgan fingerprint density at radius 2 is 2.00 bits per heavy atom. The van der Waals surface area contributed by atoms with Crippen molar-refractivity contribution >= 4 is 27.4 Å². The molecule has 66 valence electrons. The average molecular weight is 196 g/mol. The van der Waals surface area contributed by atoms with Crippen molar-refractivity contribution in [2.45, 2.75) is 6.42 Å². The maximum Gasteiger partial charge on any atom is 0.147 e. The van der Waals surface area contributed by atoms with Crippen LogP contribution in [0.5, 0.6) is 0 Å². The van der Waals surface area contributed by atoms with E-state index in [2.05, 4.69) is 0 Å². The Morgan fingerprint density at radius 1 is 1.45 bits per heavy atom. The number of carbonyl (C=O) groups excluding carboxylic acids is 1. The average Bonchev–Trinajstić information content (AvgIpc) is 1.83. The molecule has 0 N–H and O–H groups in total. The third-order valence-corrected chi connectivity index (χ3v) is 2.61. The van der Waals surface area contributed by atoms with Crippen LogP contribution >= 0.6 is 11.8 Å². The molecule has 0 aliphatic rings. The van der Waals surface area contributed by atoms with E-state index in [9.17, 15) is 13.2 Å². The Morgan fingerprint density at radius 3 is 2.36 bits per heavy atom. The molecule has 0 bridgehead atoms. The molecule has 0 spiro atoms. The van der Waals surface area contributed by atoms with E-state index in [1.165, 1.54) is 11.8 Å². The van der Waals surface area contributed by atoms with Gasteiger partial charge >= 0.3 is 0 Å². The van der Waals surface area contributed by atoms with Crippen LogP contribution in [0.2, 0.25) is 0 Å². The van der Waals surface area contributed by atoms with E-state index in [0.717, 1.165) is 6.26 Å². The van der Waals surface area contributed by atoms with E-state index in [0.29, 0.717) is 5.75 Å². The maximum absolute atomic E-state index is 10.8. The Kier molecular flexibility index (Phi) is 4.76. The highest BCUT2D eigenvalue weighted by molar-refractivity contribution is 7.99. The second-order valence-corrected chi connectivity index (χ2v) is 5.48. The fourth-order valence-electron chi connectivity index (χ4n) is 0.532. The highest BCUT2D eigenvalue weighted by Crippen LogP contribution is 1.97. The number of Topliss-reactive ketones (excluding diaryl/α,β-unsaturated/α-hetero) is 1. The van der Waals surface area contributed by atoms with Crippen LogP contribution in [-0.4, -0.2) is 38.2 Å². The van der Waals surface area contributed by atoms with Gasteiger partial charge in [-0.15, -0.1) is 0 Å². The van der Waals surface area contributed by atoms with E-state index < -0.39 is 9.84 Å². The Labute approximate surface area is 71.5 Å². The molecule has 0 rings (SSSR count). The zero-order valence-corrected chi connectivity index (χ0v) is 8.30. The molecule has 0 atom stereocenters. The monoisotopic (exact) mass is 196 g/mol. The molecule has 5 heteroatoms. The van der Waals surface area contributed by atoms with Crippen molar-refractivity contribution < 1.29 is 13.2 Å². The minimum atomic E-state index is -2.97. The van der Waals surface area contributed by atoms with Crippen LogP contribution in [0.25, 0.3) is 0 Å². The number of ketones is 1. The van der Waals surface area contributed by atoms with Gasteiger partial charge in [-0.2, -0.15) is 11.8 Å².